The van der Waals surface area contributed by atoms with Crippen LogP contribution in [0.4, 0.5) is 5.82 Å². The molecule has 1 atom stereocenters. The molecule has 1 amide bonds. The molecule has 0 N–H and O–H groups in total. The van der Waals surface area contributed by atoms with Crippen LogP contribution < -0.4 is 4.90 Å². The van der Waals surface area contributed by atoms with Gasteiger partial charge in [-0.1, -0.05) is 43.7 Å². The van der Waals surface area contributed by atoms with Crippen molar-refractivity contribution in [3.8, 4) is 0 Å². The molecule has 0 unspecified atom stereocenters. The van der Waals surface area contributed by atoms with Gasteiger partial charge in [0.2, 0.25) is 0 Å². The number of amides is 1. The van der Waals surface area contributed by atoms with Crippen LogP contribution in [0.15, 0.2) is 47.1 Å². The largest absolute Gasteiger partial charge is 0.459 e. The molecule has 1 fully saturated rings. The maximum atomic E-state index is 12.7. The molecule has 3 aromatic rings. The molecule has 2 aromatic heterocycles. The highest BCUT2D eigenvalue weighted by atomic mass is 16.3. The summed E-state index contributed by atoms with van der Waals surface area (Å²) >= 11 is 0. The molecular formula is C26H32N4O2. The molecule has 0 bridgehead atoms. The molecule has 0 radical (unpaired) electrons. The molecule has 0 aliphatic carbocycles. The van der Waals surface area contributed by atoms with Crippen LogP contribution in [0.25, 0.3) is 0 Å². The van der Waals surface area contributed by atoms with Gasteiger partial charge in [0.05, 0.1) is 6.26 Å². The molecule has 3 heterocycles. The Balaban J connectivity index is 1.61. The van der Waals surface area contributed by atoms with Gasteiger partial charge >= 0.3 is 0 Å². The first-order chi connectivity index (χ1) is 15.5. The first-order valence-corrected chi connectivity index (χ1v) is 11.5. The van der Waals surface area contributed by atoms with E-state index in [4.69, 9.17) is 14.4 Å². The quantitative estimate of drug-likeness (QED) is 0.562. The number of furan rings is 1. The molecule has 4 rings (SSSR count). The van der Waals surface area contributed by atoms with E-state index in [-0.39, 0.29) is 5.91 Å². The predicted octanol–water partition coefficient (Wildman–Crippen LogP) is 4.75. The lowest BCUT2D eigenvalue weighted by Crippen LogP contribution is -2.49. The minimum atomic E-state index is -0.0474. The normalized spacial score (nSPS) is 15.1. The summed E-state index contributed by atoms with van der Waals surface area (Å²) in [6, 6.07) is 12.1. The summed E-state index contributed by atoms with van der Waals surface area (Å²) in [7, 11) is 0. The van der Waals surface area contributed by atoms with Crippen molar-refractivity contribution in [1.29, 1.82) is 0 Å². The molecular weight excluding hydrogens is 400 g/mol. The van der Waals surface area contributed by atoms with Crippen molar-refractivity contribution >= 4 is 11.7 Å². The number of aromatic nitrogens is 2. The van der Waals surface area contributed by atoms with Gasteiger partial charge in [-0.25, -0.2) is 9.97 Å². The average molecular weight is 433 g/mol. The van der Waals surface area contributed by atoms with Gasteiger partial charge in [0, 0.05) is 49.8 Å². The lowest BCUT2D eigenvalue weighted by Gasteiger charge is -2.36. The molecule has 32 heavy (non-hydrogen) atoms. The summed E-state index contributed by atoms with van der Waals surface area (Å²) in [5.41, 5.74) is 4.74. The third kappa shape index (κ3) is 4.69. The Morgan fingerprint density at radius 1 is 1.09 bits per heavy atom. The van der Waals surface area contributed by atoms with E-state index in [9.17, 15) is 4.79 Å². The van der Waals surface area contributed by atoms with Crippen LogP contribution in [0.5, 0.6) is 0 Å². The second-order valence-corrected chi connectivity index (χ2v) is 8.70. The fraction of sp³-hybridized carbons (Fsp3) is 0.423. The predicted molar refractivity (Wildman–Crippen MR) is 126 cm³/mol. The molecule has 1 aliphatic rings. The van der Waals surface area contributed by atoms with Crippen LogP contribution in [0.3, 0.4) is 0 Å². The van der Waals surface area contributed by atoms with Gasteiger partial charge in [0.1, 0.15) is 11.6 Å². The van der Waals surface area contributed by atoms with Crippen molar-refractivity contribution in [1.82, 2.24) is 14.9 Å². The molecule has 6 heteroatoms. The van der Waals surface area contributed by atoms with E-state index >= 15 is 0 Å². The minimum Gasteiger partial charge on any atom is -0.459 e. The van der Waals surface area contributed by atoms with E-state index < -0.39 is 0 Å². The Morgan fingerprint density at radius 3 is 2.53 bits per heavy atom. The number of hydrogen-bond donors (Lipinski definition) is 0. The number of anilines is 1. The third-order valence-electron chi connectivity index (χ3n) is 6.32. The zero-order chi connectivity index (χ0) is 22.7. The Morgan fingerprint density at radius 2 is 1.88 bits per heavy atom. The van der Waals surface area contributed by atoms with E-state index in [1.807, 2.05) is 4.90 Å². The van der Waals surface area contributed by atoms with Crippen LogP contribution in [0.2, 0.25) is 0 Å². The van der Waals surface area contributed by atoms with Crippen LogP contribution in [0, 0.1) is 13.8 Å². The molecule has 6 nitrogen and oxygen atoms in total. The summed E-state index contributed by atoms with van der Waals surface area (Å²) in [4.78, 5) is 26.8. The van der Waals surface area contributed by atoms with Gasteiger partial charge in [0.15, 0.2) is 5.76 Å². The van der Waals surface area contributed by atoms with Crippen molar-refractivity contribution in [2.45, 2.75) is 46.5 Å². The van der Waals surface area contributed by atoms with Crippen LogP contribution in [0.1, 0.15) is 64.9 Å². The number of hydrogen-bond acceptors (Lipinski definition) is 5. The van der Waals surface area contributed by atoms with E-state index in [2.05, 4.69) is 56.9 Å². The Kier molecular flexibility index (Phi) is 6.58. The zero-order valence-corrected chi connectivity index (χ0v) is 19.5. The number of benzene rings is 1. The lowest BCUT2D eigenvalue weighted by atomic mass is 10.0. The molecule has 0 saturated carbocycles. The van der Waals surface area contributed by atoms with Gasteiger partial charge in [-0.05, 0) is 38.0 Å². The smallest absolute Gasteiger partial charge is 0.289 e. The van der Waals surface area contributed by atoms with Crippen molar-refractivity contribution in [3.63, 3.8) is 0 Å². The second-order valence-electron chi connectivity index (χ2n) is 8.70. The highest BCUT2D eigenvalue weighted by molar-refractivity contribution is 5.91. The van der Waals surface area contributed by atoms with Gasteiger partial charge in [-0.2, -0.15) is 0 Å². The van der Waals surface area contributed by atoms with Crippen molar-refractivity contribution in [3.05, 3.63) is 76.6 Å². The highest BCUT2D eigenvalue weighted by Gasteiger charge is 2.27. The monoisotopic (exact) mass is 432 g/mol. The maximum Gasteiger partial charge on any atom is 0.289 e. The van der Waals surface area contributed by atoms with Crippen LogP contribution in [-0.4, -0.2) is 47.0 Å². The van der Waals surface area contributed by atoms with E-state index in [1.165, 1.54) is 16.7 Å². The number of piperazine rings is 1. The Labute approximate surface area is 190 Å². The first-order valence-electron chi connectivity index (χ1n) is 11.5. The summed E-state index contributed by atoms with van der Waals surface area (Å²) < 4.78 is 5.30. The number of aryl methyl sites for hydroxylation is 2. The second kappa shape index (κ2) is 9.55. The van der Waals surface area contributed by atoms with E-state index in [0.29, 0.717) is 24.8 Å². The van der Waals surface area contributed by atoms with Crippen LogP contribution in [-0.2, 0) is 6.42 Å². The number of carbonyl (C=O) groups is 1. The van der Waals surface area contributed by atoms with E-state index in [1.54, 1.807) is 18.4 Å². The molecule has 1 saturated heterocycles. The molecule has 1 aliphatic heterocycles. The molecule has 1 aromatic carbocycles. The highest BCUT2D eigenvalue weighted by Crippen LogP contribution is 2.28. The minimum absolute atomic E-state index is 0.0474. The first kappa shape index (κ1) is 22.1. The fourth-order valence-corrected chi connectivity index (χ4v) is 4.18. The number of nitrogens with zero attached hydrogens (tertiary/aromatic N) is 4. The number of carbonyl (C=O) groups excluding carboxylic acids is 1. The fourth-order valence-electron chi connectivity index (χ4n) is 4.18. The van der Waals surface area contributed by atoms with Gasteiger partial charge in [-0.15, -0.1) is 0 Å². The van der Waals surface area contributed by atoms with Crippen molar-refractivity contribution in [2.75, 3.05) is 31.1 Å². The maximum absolute atomic E-state index is 12.7. The summed E-state index contributed by atoms with van der Waals surface area (Å²) in [6.45, 7) is 11.3. The van der Waals surface area contributed by atoms with Gasteiger partial charge in [0.25, 0.3) is 5.91 Å². The molecule has 0 spiro atoms. The Hall–Kier alpha value is -3.15. The zero-order valence-electron chi connectivity index (χ0n) is 19.5. The Bertz CT molecular complexity index is 1070. The number of rotatable bonds is 6. The summed E-state index contributed by atoms with van der Waals surface area (Å²) in [5, 5.41) is 0. The standard InChI is InChI=1S/C26H32N4O2/c1-5-19(3)24-27-20(4)22(17-21-9-6-8-18(2)16-21)25(28-24)29-11-13-30(14-12-29)26(31)23-10-7-15-32-23/h6-10,15-16,19H,5,11-14,17H2,1-4H3/t19-/m1/s1. The van der Waals surface area contributed by atoms with Crippen molar-refractivity contribution in [2.24, 2.45) is 0 Å². The van der Waals surface area contributed by atoms with Crippen LogP contribution >= 0.6 is 0 Å². The van der Waals surface area contributed by atoms with E-state index in [0.717, 1.165) is 43.3 Å². The summed E-state index contributed by atoms with van der Waals surface area (Å²) in [5.74, 6) is 2.58. The topological polar surface area (TPSA) is 62.5 Å². The average Bonchev–Trinajstić information content (AvgIpc) is 3.34. The lowest BCUT2D eigenvalue weighted by molar-refractivity contribution is 0.0714. The third-order valence-corrected chi connectivity index (χ3v) is 6.32. The van der Waals surface area contributed by atoms with Crippen molar-refractivity contribution < 1.29 is 9.21 Å². The molecule has 168 valence electrons. The summed E-state index contributed by atoms with van der Waals surface area (Å²) in [6.07, 6.45) is 3.35. The SMILES string of the molecule is CC[C@@H](C)c1nc(C)c(Cc2cccc(C)c2)c(N2CCN(C(=O)c3ccco3)CC2)n1. The van der Waals surface area contributed by atoms with Gasteiger partial charge < -0.3 is 14.2 Å². The van der Waals surface area contributed by atoms with Gasteiger partial charge in [-0.3, -0.25) is 4.79 Å².